The van der Waals surface area contributed by atoms with Gasteiger partial charge in [-0.2, -0.15) is 0 Å². The highest BCUT2D eigenvalue weighted by Gasteiger charge is 2.31. The Bertz CT molecular complexity index is 501. The standard InChI is InChI=1S/C21H37N3O3/c1-3-27-21(26)24-11-4-5-19(10-14-24)23-12-8-18(9-13-23)20(25)22-16(2)15-17-6-7-17/h16-19H,3-15H2,1-2H3,(H,22,25). The summed E-state index contributed by atoms with van der Waals surface area (Å²) in [5.74, 6) is 1.29. The number of ether oxygens (including phenoxy) is 1. The third kappa shape index (κ3) is 6.09. The quantitative estimate of drug-likeness (QED) is 0.771. The number of amides is 2. The first kappa shape index (κ1) is 20.4. The van der Waals surface area contributed by atoms with Gasteiger partial charge in [0.2, 0.25) is 5.91 Å². The number of rotatable bonds is 6. The van der Waals surface area contributed by atoms with E-state index in [4.69, 9.17) is 4.74 Å². The third-order valence-corrected chi connectivity index (χ3v) is 6.41. The molecule has 6 nitrogen and oxygen atoms in total. The van der Waals surface area contributed by atoms with E-state index in [1.54, 1.807) is 0 Å². The number of hydrogen-bond donors (Lipinski definition) is 1. The second-order valence-corrected chi connectivity index (χ2v) is 8.67. The van der Waals surface area contributed by atoms with Crippen molar-refractivity contribution in [1.29, 1.82) is 0 Å². The van der Waals surface area contributed by atoms with Gasteiger partial charge in [0.05, 0.1) is 6.61 Å². The summed E-state index contributed by atoms with van der Waals surface area (Å²) in [5.41, 5.74) is 0. The van der Waals surface area contributed by atoms with Crippen LogP contribution in [-0.4, -0.2) is 66.7 Å². The number of likely N-dealkylation sites (tertiary alicyclic amines) is 2. The number of carbonyl (C=O) groups is 2. The Balaban J connectivity index is 1.39. The molecule has 154 valence electrons. The predicted molar refractivity (Wildman–Crippen MR) is 105 cm³/mol. The lowest BCUT2D eigenvalue weighted by Gasteiger charge is -2.37. The molecule has 0 aromatic heterocycles. The second-order valence-electron chi connectivity index (χ2n) is 8.67. The Labute approximate surface area is 164 Å². The smallest absolute Gasteiger partial charge is 0.409 e. The van der Waals surface area contributed by atoms with Crippen molar-refractivity contribution < 1.29 is 14.3 Å². The van der Waals surface area contributed by atoms with Crippen molar-refractivity contribution in [2.75, 3.05) is 32.8 Å². The van der Waals surface area contributed by atoms with Gasteiger partial charge in [0.25, 0.3) is 0 Å². The lowest BCUT2D eigenvalue weighted by Crippen LogP contribution is -2.46. The molecule has 2 unspecified atom stereocenters. The van der Waals surface area contributed by atoms with Gasteiger partial charge in [-0.15, -0.1) is 0 Å². The number of nitrogens with zero attached hydrogens (tertiary/aromatic N) is 2. The molecule has 2 heterocycles. The van der Waals surface area contributed by atoms with Crippen LogP contribution in [0.25, 0.3) is 0 Å². The molecule has 1 aliphatic carbocycles. The minimum absolute atomic E-state index is 0.171. The summed E-state index contributed by atoms with van der Waals surface area (Å²) in [6.45, 7) is 8.01. The van der Waals surface area contributed by atoms with Crippen molar-refractivity contribution in [1.82, 2.24) is 15.1 Å². The van der Waals surface area contributed by atoms with Crippen molar-refractivity contribution >= 4 is 12.0 Å². The zero-order valence-corrected chi connectivity index (χ0v) is 17.1. The largest absolute Gasteiger partial charge is 0.450 e. The van der Waals surface area contributed by atoms with Crippen molar-refractivity contribution in [3.05, 3.63) is 0 Å². The van der Waals surface area contributed by atoms with Crippen molar-refractivity contribution in [2.24, 2.45) is 11.8 Å². The maximum atomic E-state index is 12.5. The summed E-state index contributed by atoms with van der Waals surface area (Å²) in [7, 11) is 0. The molecule has 27 heavy (non-hydrogen) atoms. The van der Waals surface area contributed by atoms with Crippen LogP contribution in [0.1, 0.15) is 65.2 Å². The summed E-state index contributed by atoms with van der Waals surface area (Å²) in [5, 5.41) is 3.24. The van der Waals surface area contributed by atoms with Crippen LogP contribution in [0.2, 0.25) is 0 Å². The lowest BCUT2D eigenvalue weighted by atomic mass is 9.93. The highest BCUT2D eigenvalue weighted by molar-refractivity contribution is 5.79. The molecular formula is C21H37N3O3. The summed E-state index contributed by atoms with van der Waals surface area (Å²) in [6, 6.07) is 0.848. The van der Waals surface area contributed by atoms with E-state index in [9.17, 15) is 9.59 Å². The van der Waals surface area contributed by atoms with E-state index in [2.05, 4.69) is 17.1 Å². The Morgan fingerprint density at radius 3 is 2.44 bits per heavy atom. The molecule has 3 rings (SSSR count). The SMILES string of the molecule is CCOC(=O)N1CCCC(N2CCC(C(=O)NC(C)CC3CC3)CC2)CC1. The lowest BCUT2D eigenvalue weighted by molar-refractivity contribution is -0.127. The van der Waals surface area contributed by atoms with Crippen LogP contribution in [0.15, 0.2) is 0 Å². The minimum atomic E-state index is -0.172. The van der Waals surface area contributed by atoms with E-state index in [-0.39, 0.29) is 17.9 Å². The number of nitrogens with one attached hydrogen (secondary N) is 1. The van der Waals surface area contributed by atoms with E-state index in [1.165, 1.54) is 12.8 Å². The van der Waals surface area contributed by atoms with Crippen LogP contribution in [-0.2, 0) is 9.53 Å². The van der Waals surface area contributed by atoms with E-state index in [1.807, 2.05) is 11.8 Å². The van der Waals surface area contributed by atoms with Gasteiger partial charge in [0.1, 0.15) is 0 Å². The fraction of sp³-hybridized carbons (Fsp3) is 0.905. The molecule has 2 saturated heterocycles. The molecule has 0 aromatic rings. The average molecular weight is 380 g/mol. The first-order valence-electron chi connectivity index (χ1n) is 11.0. The van der Waals surface area contributed by atoms with Crippen LogP contribution in [0, 0.1) is 11.8 Å². The van der Waals surface area contributed by atoms with Crippen LogP contribution in [0.5, 0.6) is 0 Å². The predicted octanol–water partition coefficient (Wildman–Crippen LogP) is 3.01. The Morgan fingerprint density at radius 2 is 1.78 bits per heavy atom. The van der Waals surface area contributed by atoms with Gasteiger partial charge >= 0.3 is 6.09 Å². The Hall–Kier alpha value is -1.30. The minimum Gasteiger partial charge on any atom is -0.450 e. The normalized spacial score (nSPS) is 26.3. The summed E-state index contributed by atoms with van der Waals surface area (Å²) in [4.78, 5) is 28.9. The summed E-state index contributed by atoms with van der Waals surface area (Å²) < 4.78 is 5.15. The summed E-state index contributed by atoms with van der Waals surface area (Å²) >= 11 is 0. The fourth-order valence-electron chi connectivity index (χ4n) is 4.64. The first-order chi connectivity index (χ1) is 13.1. The molecule has 2 atom stereocenters. The highest BCUT2D eigenvalue weighted by Crippen LogP contribution is 2.33. The van der Waals surface area contributed by atoms with Gasteiger partial charge in [0, 0.05) is 31.1 Å². The Kier molecular flexibility index (Phi) is 7.39. The monoisotopic (exact) mass is 379 g/mol. The molecule has 1 saturated carbocycles. The van der Waals surface area contributed by atoms with Crippen molar-refractivity contribution in [3.8, 4) is 0 Å². The second kappa shape index (κ2) is 9.76. The molecule has 3 aliphatic rings. The molecule has 3 fully saturated rings. The van der Waals surface area contributed by atoms with Crippen LogP contribution >= 0.6 is 0 Å². The van der Waals surface area contributed by atoms with Gasteiger partial charge in [-0.05, 0) is 71.4 Å². The number of piperidine rings is 1. The van der Waals surface area contributed by atoms with E-state index >= 15 is 0 Å². The zero-order chi connectivity index (χ0) is 19.2. The topological polar surface area (TPSA) is 61.9 Å². The number of carbonyl (C=O) groups excluding carboxylic acids is 2. The fourth-order valence-corrected chi connectivity index (χ4v) is 4.64. The van der Waals surface area contributed by atoms with Crippen LogP contribution in [0.4, 0.5) is 4.79 Å². The van der Waals surface area contributed by atoms with Gasteiger partial charge in [0.15, 0.2) is 0 Å². The Morgan fingerprint density at radius 1 is 1.04 bits per heavy atom. The molecule has 0 bridgehead atoms. The molecule has 0 aromatic carbocycles. The molecular weight excluding hydrogens is 342 g/mol. The number of hydrogen-bond acceptors (Lipinski definition) is 4. The average Bonchev–Trinajstić information content (AvgIpc) is 3.48. The van der Waals surface area contributed by atoms with Gasteiger partial charge in [-0.25, -0.2) is 4.79 Å². The van der Waals surface area contributed by atoms with Crippen LogP contribution in [0.3, 0.4) is 0 Å². The maximum Gasteiger partial charge on any atom is 0.409 e. The molecule has 0 radical (unpaired) electrons. The van der Waals surface area contributed by atoms with Crippen molar-refractivity contribution in [3.63, 3.8) is 0 Å². The molecule has 6 heteroatoms. The third-order valence-electron chi connectivity index (χ3n) is 6.41. The van der Waals surface area contributed by atoms with Crippen molar-refractivity contribution in [2.45, 2.75) is 77.3 Å². The highest BCUT2D eigenvalue weighted by atomic mass is 16.6. The molecule has 1 N–H and O–H groups in total. The summed E-state index contributed by atoms with van der Waals surface area (Å²) in [6.07, 6.45) is 8.74. The van der Waals surface area contributed by atoms with Crippen LogP contribution < -0.4 is 5.32 Å². The van der Waals surface area contributed by atoms with E-state index < -0.39 is 0 Å². The van der Waals surface area contributed by atoms with Gasteiger partial charge < -0.3 is 19.9 Å². The zero-order valence-electron chi connectivity index (χ0n) is 17.1. The maximum absolute atomic E-state index is 12.5. The molecule has 2 aliphatic heterocycles. The molecule has 0 spiro atoms. The first-order valence-corrected chi connectivity index (χ1v) is 11.0. The van der Waals surface area contributed by atoms with Gasteiger partial charge in [-0.1, -0.05) is 12.8 Å². The van der Waals surface area contributed by atoms with E-state index in [0.29, 0.717) is 18.7 Å². The van der Waals surface area contributed by atoms with Gasteiger partial charge in [-0.3, -0.25) is 4.79 Å². The molecule has 2 amide bonds. The van der Waals surface area contributed by atoms with E-state index in [0.717, 1.165) is 70.6 Å².